The zero-order valence-electron chi connectivity index (χ0n) is 13.1. The zero-order chi connectivity index (χ0) is 17.0. The summed E-state index contributed by atoms with van der Waals surface area (Å²) in [6.45, 7) is 2.07. The number of carboxylic acids is 1. The number of methoxy groups -OCH3 is 1. The number of nitrogens with zero attached hydrogens (tertiary/aromatic N) is 1. The molecule has 2 unspecified atom stereocenters. The van der Waals surface area contributed by atoms with Gasteiger partial charge in [-0.25, -0.2) is 4.39 Å². The quantitative estimate of drug-likeness (QED) is 0.859. The molecule has 1 fully saturated rings. The van der Waals surface area contributed by atoms with Crippen molar-refractivity contribution in [2.24, 2.45) is 5.41 Å². The van der Waals surface area contributed by atoms with Crippen molar-refractivity contribution in [2.75, 3.05) is 26.8 Å². The molecule has 1 aromatic rings. The van der Waals surface area contributed by atoms with Crippen LogP contribution in [0.15, 0.2) is 24.3 Å². The Balaban J connectivity index is 2.00. The lowest BCUT2D eigenvalue weighted by atomic mass is 9.88. The Labute approximate surface area is 133 Å². The van der Waals surface area contributed by atoms with Crippen molar-refractivity contribution >= 4 is 11.9 Å². The Morgan fingerprint density at radius 3 is 2.61 bits per heavy atom. The van der Waals surface area contributed by atoms with Gasteiger partial charge in [0.25, 0.3) is 5.91 Å². The summed E-state index contributed by atoms with van der Waals surface area (Å²) in [5, 5.41) is 9.41. The Kier molecular flexibility index (Phi) is 5.20. The molecule has 7 heteroatoms. The fraction of sp³-hybridized carbons (Fsp3) is 0.500. The molecular formula is C16H20FNO5. The second-order valence-electron chi connectivity index (χ2n) is 5.74. The number of rotatable bonds is 6. The highest BCUT2D eigenvalue weighted by Gasteiger charge is 2.47. The second-order valence-corrected chi connectivity index (χ2v) is 5.74. The van der Waals surface area contributed by atoms with Gasteiger partial charge in [0.15, 0.2) is 6.10 Å². The second kappa shape index (κ2) is 6.95. The van der Waals surface area contributed by atoms with Crippen molar-refractivity contribution in [2.45, 2.75) is 19.4 Å². The molecule has 2 atom stereocenters. The molecule has 1 aliphatic heterocycles. The van der Waals surface area contributed by atoms with Gasteiger partial charge < -0.3 is 19.5 Å². The number of amides is 1. The van der Waals surface area contributed by atoms with Crippen molar-refractivity contribution in [3.05, 3.63) is 30.1 Å². The third-order valence-corrected chi connectivity index (χ3v) is 4.01. The van der Waals surface area contributed by atoms with Crippen LogP contribution in [-0.2, 0) is 14.3 Å². The first-order valence-electron chi connectivity index (χ1n) is 7.31. The zero-order valence-corrected chi connectivity index (χ0v) is 13.1. The normalized spacial score (nSPS) is 22.0. The van der Waals surface area contributed by atoms with E-state index in [-0.39, 0.29) is 24.9 Å². The lowest BCUT2D eigenvalue weighted by molar-refractivity contribution is -0.152. The van der Waals surface area contributed by atoms with E-state index >= 15 is 0 Å². The van der Waals surface area contributed by atoms with Gasteiger partial charge >= 0.3 is 5.97 Å². The standard InChI is InChI=1S/C16H20FNO5/c1-11(23-13-5-3-12(17)4-6-13)14(19)18-8-7-16(9-18,10-22-2)15(20)21/h3-6,11H,7-10H2,1-2H3,(H,20,21). The van der Waals surface area contributed by atoms with Crippen molar-refractivity contribution in [3.8, 4) is 5.75 Å². The van der Waals surface area contributed by atoms with Gasteiger partial charge in [0, 0.05) is 20.2 Å². The van der Waals surface area contributed by atoms with Crippen molar-refractivity contribution in [3.63, 3.8) is 0 Å². The van der Waals surface area contributed by atoms with E-state index in [1.807, 2.05) is 0 Å². The molecule has 1 saturated heterocycles. The van der Waals surface area contributed by atoms with Crippen LogP contribution in [0.4, 0.5) is 4.39 Å². The topological polar surface area (TPSA) is 76.1 Å². The van der Waals surface area contributed by atoms with Gasteiger partial charge in [0.05, 0.1) is 6.61 Å². The Morgan fingerprint density at radius 2 is 2.04 bits per heavy atom. The summed E-state index contributed by atoms with van der Waals surface area (Å²) in [6, 6.07) is 5.37. The molecular weight excluding hydrogens is 305 g/mol. The van der Waals surface area contributed by atoms with Gasteiger partial charge in [-0.1, -0.05) is 0 Å². The number of carboxylic acid groups (broad SMARTS) is 1. The van der Waals surface area contributed by atoms with Gasteiger partial charge in [-0.15, -0.1) is 0 Å². The lowest BCUT2D eigenvalue weighted by Crippen LogP contribution is -2.43. The fourth-order valence-corrected chi connectivity index (χ4v) is 2.72. The molecule has 0 aromatic heterocycles. The van der Waals surface area contributed by atoms with Crippen LogP contribution in [-0.4, -0.2) is 54.8 Å². The SMILES string of the molecule is COCC1(C(=O)O)CCN(C(=O)C(C)Oc2ccc(F)cc2)C1. The van der Waals surface area contributed by atoms with Crippen LogP contribution in [0.5, 0.6) is 5.75 Å². The third-order valence-electron chi connectivity index (χ3n) is 4.01. The highest BCUT2D eigenvalue weighted by molar-refractivity contribution is 5.83. The molecule has 126 valence electrons. The summed E-state index contributed by atoms with van der Waals surface area (Å²) in [5.41, 5.74) is -1.07. The van der Waals surface area contributed by atoms with Crippen LogP contribution in [0, 0.1) is 11.2 Å². The molecule has 0 aliphatic carbocycles. The molecule has 6 nitrogen and oxygen atoms in total. The smallest absolute Gasteiger partial charge is 0.313 e. The predicted octanol–water partition coefficient (Wildman–Crippen LogP) is 1.54. The number of hydrogen-bond acceptors (Lipinski definition) is 4. The third kappa shape index (κ3) is 3.79. The molecule has 1 aromatic carbocycles. The summed E-state index contributed by atoms with van der Waals surface area (Å²) in [6.07, 6.45) is -0.446. The number of aliphatic carboxylic acids is 1. The number of likely N-dealkylation sites (tertiary alicyclic amines) is 1. The molecule has 0 bridgehead atoms. The number of benzene rings is 1. The molecule has 2 rings (SSSR count). The summed E-state index contributed by atoms with van der Waals surface area (Å²) < 4.78 is 23.4. The van der Waals surface area contributed by atoms with Crippen LogP contribution < -0.4 is 4.74 Å². The first-order chi connectivity index (χ1) is 10.9. The van der Waals surface area contributed by atoms with Crippen LogP contribution >= 0.6 is 0 Å². The molecule has 0 spiro atoms. The minimum atomic E-state index is -1.07. The Bertz CT molecular complexity index is 576. The molecule has 1 amide bonds. The average Bonchev–Trinajstić information content (AvgIpc) is 2.95. The van der Waals surface area contributed by atoms with Crippen LogP contribution in [0.1, 0.15) is 13.3 Å². The molecule has 0 saturated carbocycles. The summed E-state index contributed by atoms with van der Waals surface area (Å²) in [7, 11) is 1.44. The van der Waals surface area contributed by atoms with E-state index in [1.165, 1.54) is 36.3 Å². The molecule has 1 heterocycles. The van der Waals surface area contributed by atoms with E-state index in [1.54, 1.807) is 6.92 Å². The monoisotopic (exact) mass is 325 g/mol. The largest absolute Gasteiger partial charge is 0.481 e. The number of carbonyl (C=O) groups excluding carboxylic acids is 1. The van der Waals surface area contributed by atoms with E-state index in [2.05, 4.69) is 0 Å². The fourth-order valence-electron chi connectivity index (χ4n) is 2.72. The van der Waals surface area contributed by atoms with Crippen molar-refractivity contribution < 1.29 is 28.6 Å². The Morgan fingerprint density at radius 1 is 1.39 bits per heavy atom. The summed E-state index contributed by atoms with van der Waals surface area (Å²) >= 11 is 0. The predicted molar refractivity (Wildman–Crippen MR) is 79.6 cm³/mol. The van der Waals surface area contributed by atoms with Crippen molar-refractivity contribution in [1.29, 1.82) is 0 Å². The molecule has 1 aliphatic rings. The number of ether oxygens (including phenoxy) is 2. The van der Waals surface area contributed by atoms with E-state index in [4.69, 9.17) is 9.47 Å². The van der Waals surface area contributed by atoms with E-state index in [0.717, 1.165) is 0 Å². The van der Waals surface area contributed by atoms with Gasteiger partial charge in [0.2, 0.25) is 0 Å². The van der Waals surface area contributed by atoms with E-state index in [9.17, 15) is 19.1 Å². The number of halogens is 1. The summed E-state index contributed by atoms with van der Waals surface area (Å²) in [5.74, 6) is -1.27. The highest BCUT2D eigenvalue weighted by atomic mass is 19.1. The molecule has 1 N–H and O–H groups in total. The van der Waals surface area contributed by atoms with Crippen molar-refractivity contribution in [1.82, 2.24) is 4.90 Å². The van der Waals surface area contributed by atoms with Gasteiger partial charge in [-0.3, -0.25) is 9.59 Å². The van der Waals surface area contributed by atoms with Crippen LogP contribution in [0.2, 0.25) is 0 Å². The van der Waals surface area contributed by atoms with Gasteiger partial charge in [0.1, 0.15) is 17.0 Å². The minimum absolute atomic E-state index is 0.0549. The van der Waals surface area contributed by atoms with Crippen LogP contribution in [0.25, 0.3) is 0 Å². The first-order valence-corrected chi connectivity index (χ1v) is 7.31. The first kappa shape index (κ1) is 17.2. The average molecular weight is 325 g/mol. The molecule has 0 radical (unpaired) electrons. The molecule has 23 heavy (non-hydrogen) atoms. The maximum atomic E-state index is 12.9. The number of hydrogen-bond donors (Lipinski definition) is 1. The maximum absolute atomic E-state index is 12.9. The Hall–Kier alpha value is -2.15. The van der Waals surface area contributed by atoms with Gasteiger partial charge in [-0.05, 0) is 37.6 Å². The summed E-state index contributed by atoms with van der Waals surface area (Å²) in [4.78, 5) is 25.4. The highest BCUT2D eigenvalue weighted by Crippen LogP contribution is 2.32. The number of carbonyl (C=O) groups is 2. The maximum Gasteiger partial charge on any atom is 0.313 e. The van der Waals surface area contributed by atoms with Gasteiger partial charge in [-0.2, -0.15) is 0 Å². The van der Waals surface area contributed by atoms with E-state index < -0.39 is 17.5 Å². The van der Waals surface area contributed by atoms with E-state index in [0.29, 0.717) is 18.7 Å². The lowest BCUT2D eigenvalue weighted by Gasteiger charge is -2.25. The minimum Gasteiger partial charge on any atom is -0.481 e. The van der Waals surface area contributed by atoms with Crippen LogP contribution in [0.3, 0.4) is 0 Å².